The second-order valence-electron chi connectivity index (χ2n) is 10.1. The van der Waals surface area contributed by atoms with Gasteiger partial charge >= 0.3 is 0 Å². The number of carbonyl (C=O) groups is 2. The number of pyridine rings is 1. The van der Waals surface area contributed by atoms with E-state index in [1.54, 1.807) is 45.3 Å². The van der Waals surface area contributed by atoms with Gasteiger partial charge in [0, 0.05) is 17.8 Å². The molecule has 0 saturated carbocycles. The van der Waals surface area contributed by atoms with Crippen LogP contribution >= 0.6 is 11.3 Å². The maximum absolute atomic E-state index is 13.3. The maximum atomic E-state index is 13.3. The molecule has 2 aromatic heterocycles. The fourth-order valence-corrected chi connectivity index (χ4v) is 4.81. The van der Waals surface area contributed by atoms with E-state index in [2.05, 4.69) is 36.8 Å². The van der Waals surface area contributed by atoms with Crippen LogP contribution in [-0.4, -0.2) is 26.8 Å². The summed E-state index contributed by atoms with van der Waals surface area (Å²) >= 11 is 1.37. The molecular formula is C25H27N3O3S. The predicted octanol–water partition coefficient (Wildman–Crippen LogP) is 5.50. The lowest BCUT2D eigenvalue weighted by atomic mass is 9.82. The first-order valence-corrected chi connectivity index (χ1v) is 11.3. The summed E-state index contributed by atoms with van der Waals surface area (Å²) in [7, 11) is 0. The van der Waals surface area contributed by atoms with Crippen molar-refractivity contribution in [3.63, 3.8) is 0 Å². The Hall–Kier alpha value is -3.06. The van der Waals surface area contributed by atoms with Crippen LogP contribution < -0.4 is 4.90 Å². The SMILES string of the molecule is CC(C)(C)C(=O)C1=C(O)C(=O)N(c2nc3ccc(C(C)(C)C)cc3s2)C1c1cccnc1. The quantitative estimate of drug-likeness (QED) is 0.570. The number of aliphatic hydroxyl groups excluding tert-OH is 1. The number of Topliss-reactive ketones (excluding diaryl/α,β-unsaturated/α-hetero) is 1. The molecule has 1 aliphatic rings. The largest absolute Gasteiger partial charge is 0.503 e. The van der Waals surface area contributed by atoms with E-state index >= 15 is 0 Å². The summed E-state index contributed by atoms with van der Waals surface area (Å²) in [6.07, 6.45) is 3.25. The van der Waals surface area contributed by atoms with Gasteiger partial charge in [0.15, 0.2) is 16.7 Å². The molecule has 1 amide bonds. The molecule has 166 valence electrons. The number of ketones is 1. The van der Waals surface area contributed by atoms with Gasteiger partial charge in [0.25, 0.3) is 5.91 Å². The zero-order chi connectivity index (χ0) is 23.4. The molecule has 1 N–H and O–H groups in total. The van der Waals surface area contributed by atoms with Gasteiger partial charge < -0.3 is 5.11 Å². The van der Waals surface area contributed by atoms with Gasteiger partial charge in [-0.3, -0.25) is 19.5 Å². The van der Waals surface area contributed by atoms with Crippen molar-refractivity contribution in [2.24, 2.45) is 5.41 Å². The Bertz CT molecular complexity index is 1250. The first kappa shape index (κ1) is 22.1. The third kappa shape index (κ3) is 3.71. The van der Waals surface area contributed by atoms with Gasteiger partial charge in [0.2, 0.25) is 0 Å². The van der Waals surface area contributed by atoms with Crippen LogP contribution in [0.2, 0.25) is 0 Å². The van der Waals surface area contributed by atoms with Crippen molar-refractivity contribution >= 4 is 38.4 Å². The number of nitrogens with zero attached hydrogens (tertiary/aromatic N) is 3. The Morgan fingerprint density at radius 2 is 1.84 bits per heavy atom. The van der Waals surface area contributed by atoms with E-state index in [9.17, 15) is 14.7 Å². The topological polar surface area (TPSA) is 83.4 Å². The van der Waals surface area contributed by atoms with Crippen molar-refractivity contribution in [1.29, 1.82) is 0 Å². The summed E-state index contributed by atoms with van der Waals surface area (Å²) in [5.74, 6) is -1.43. The van der Waals surface area contributed by atoms with E-state index in [0.717, 1.165) is 10.2 Å². The highest BCUT2D eigenvalue weighted by Crippen LogP contribution is 2.45. The fourth-order valence-electron chi connectivity index (χ4n) is 3.77. The van der Waals surface area contributed by atoms with Crippen LogP contribution in [0.25, 0.3) is 10.2 Å². The van der Waals surface area contributed by atoms with Crippen LogP contribution in [0.15, 0.2) is 54.1 Å². The van der Waals surface area contributed by atoms with E-state index in [0.29, 0.717) is 10.7 Å². The lowest BCUT2D eigenvalue weighted by Gasteiger charge is -2.26. The van der Waals surface area contributed by atoms with Crippen LogP contribution in [0, 0.1) is 5.41 Å². The molecule has 0 radical (unpaired) electrons. The molecule has 0 spiro atoms. The molecule has 1 aromatic carbocycles. The molecule has 3 heterocycles. The highest BCUT2D eigenvalue weighted by Gasteiger charge is 2.47. The lowest BCUT2D eigenvalue weighted by Crippen LogP contribution is -2.32. The molecule has 4 rings (SSSR count). The van der Waals surface area contributed by atoms with E-state index < -0.39 is 23.1 Å². The Balaban J connectivity index is 1.88. The van der Waals surface area contributed by atoms with Crippen LogP contribution in [0.4, 0.5) is 5.13 Å². The van der Waals surface area contributed by atoms with Gasteiger partial charge in [0.05, 0.1) is 21.8 Å². The standard InChI is InChI=1S/C25H27N3O3S/c1-24(2,3)15-9-10-16-17(12-15)32-23(27-16)28-19(14-8-7-11-26-13-14)18(20(29)22(28)31)21(30)25(4,5)6/h7-13,19,29H,1-6H3. The Morgan fingerprint density at radius 3 is 2.44 bits per heavy atom. The lowest BCUT2D eigenvalue weighted by molar-refractivity contribution is -0.123. The van der Waals surface area contributed by atoms with Gasteiger partial charge in [-0.05, 0) is 34.7 Å². The van der Waals surface area contributed by atoms with Crippen LogP contribution in [0.5, 0.6) is 0 Å². The Kier molecular flexibility index (Phi) is 5.20. The fraction of sp³-hybridized carbons (Fsp3) is 0.360. The average molecular weight is 450 g/mol. The summed E-state index contributed by atoms with van der Waals surface area (Å²) in [6.45, 7) is 11.7. The van der Waals surface area contributed by atoms with Crippen molar-refractivity contribution in [2.75, 3.05) is 4.90 Å². The first-order valence-electron chi connectivity index (χ1n) is 10.5. The number of aromatic nitrogens is 2. The van der Waals surface area contributed by atoms with Crippen molar-refractivity contribution in [1.82, 2.24) is 9.97 Å². The minimum atomic E-state index is -0.787. The number of rotatable bonds is 3. The highest BCUT2D eigenvalue weighted by molar-refractivity contribution is 7.22. The summed E-state index contributed by atoms with van der Waals surface area (Å²) in [6, 6.07) is 8.85. The number of anilines is 1. The zero-order valence-corrected chi connectivity index (χ0v) is 19.9. The summed E-state index contributed by atoms with van der Waals surface area (Å²) < 4.78 is 0.945. The molecule has 0 bridgehead atoms. The molecule has 0 aliphatic carbocycles. The number of hydrogen-bond donors (Lipinski definition) is 1. The van der Waals surface area contributed by atoms with Crippen LogP contribution in [0.1, 0.15) is 58.7 Å². The minimum Gasteiger partial charge on any atom is -0.503 e. The van der Waals surface area contributed by atoms with Crippen molar-refractivity contribution in [2.45, 2.75) is 53.0 Å². The second-order valence-corrected chi connectivity index (χ2v) is 11.1. The molecular weight excluding hydrogens is 422 g/mol. The third-order valence-corrected chi connectivity index (χ3v) is 6.60. The van der Waals surface area contributed by atoms with E-state index in [1.165, 1.54) is 21.8 Å². The molecule has 1 unspecified atom stereocenters. The van der Waals surface area contributed by atoms with E-state index in [1.807, 2.05) is 12.1 Å². The van der Waals surface area contributed by atoms with Crippen molar-refractivity contribution in [3.8, 4) is 0 Å². The molecule has 0 saturated heterocycles. The molecule has 32 heavy (non-hydrogen) atoms. The van der Waals surface area contributed by atoms with Gasteiger partial charge in [0.1, 0.15) is 0 Å². The minimum absolute atomic E-state index is 0.0217. The Labute approximate surface area is 191 Å². The highest BCUT2D eigenvalue weighted by atomic mass is 32.1. The van der Waals surface area contributed by atoms with Gasteiger partial charge in [-0.25, -0.2) is 4.98 Å². The second kappa shape index (κ2) is 7.52. The van der Waals surface area contributed by atoms with Gasteiger partial charge in [-0.15, -0.1) is 0 Å². The number of fused-ring (bicyclic) bond motifs is 1. The zero-order valence-electron chi connectivity index (χ0n) is 19.1. The average Bonchev–Trinajstić information content (AvgIpc) is 3.25. The first-order chi connectivity index (χ1) is 14.9. The number of hydrogen-bond acceptors (Lipinski definition) is 6. The van der Waals surface area contributed by atoms with Crippen LogP contribution in [-0.2, 0) is 15.0 Å². The summed E-state index contributed by atoms with van der Waals surface area (Å²) in [5.41, 5.74) is 1.88. The number of amides is 1. The van der Waals surface area contributed by atoms with Gasteiger partial charge in [-0.1, -0.05) is 65.0 Å². The molecule has 3 aromatic rings. The Morgan fingerprint density at radius 1 is 1.12 bits per heavy atom. The van der Waals surface area contributed by atoms with Gasteiger partial charge in [-0.2, -0.15) is 0 Å². The van der Waals surface area contributed by atoms with Crippen LogP contribution in [0.3, 0.4) is 0 Å². The number of benzene rings is 1. The van der Waals surface area contributed by atoms with Crippen molar-refractivity contribution < 1.29 is 14.7 Å². The number of thiazole rings is 1. The maximum Gasteiger partial charge on any atom is 0.296 e. The third-order valence-electron chi connectivity index (χ3n) is 5.58. The molecule has 7 heteroatoms. The van der Waals surface area contributed by atoms with E-state index in [-0.39, 0.29) is 16.8 Å². The molecule has 1 aliphatic heterocycles. The van der Waals surface area contributed by atoms with E-state index in [4.69, 9.17) is 0 Å². The molecule has 6 nitrogen and oxygen atoms in total. The summed E-state index contributed by atoms with van der Waals surface area (Å²) in [4.78, 5) is 36.8. The number of carbonyl (C=O) groups excluding carboxylic acids is 2. The predicted molar refractivity (Wildman–Crippen MR) is 127 cm³/mol. The smallest absolute Gasteiger partial charge is 0.296 e. The molecule has 1 atom stereocenters. The number of aliphatic hydroxyl groups is 1. The molecule has 0 fully saturated rings. The summed E-state index contributed by atoms with van der Waals surface area (Å²) in [5, 5.41) is 11.2. The van der Waals surface area contributed by atoms with Crippen molar-refractivity contribution in [3.05, 3.63) is 65.2 Å². The normalized spacial score (nSPS) is 17.5. The monoisotopic (exact) mass is 449 g/mol.